The molecule has 2 aromatic carbocycles. The minimum atomic E-state index is -1.39. The molecule has 0 saturated heterocycles. The molecule has 0 saturated carbocycles. The number of carbonyl (C=O) groups is 2. The lowest BCUT2D eigenvalue weighted by Crippen LogP contribution is -2.29. The Morgan fingerprint density at radius 2 is 1.66 bits per heavy atom. The molecule has 9 heteroatoms. The number of benzene rings is 2. The number of rotatable bonds is 12. The predicted octanol–water partition coefficient (Wildman–Crippen LogP) is 3.12. The summed E-state index contributed by atoms with van der Waals surface area (Å²) in [6.07, 6.45) is -2.43. The summed E-state index contributed by atoms with van der Waals surface area (Å²) < 4.78 is 15.2. The molecule has 3 atom stereocenters. The van der Waals surface area contributed by atoms with Gasteiger partial charge in [0.15, 0.2) is 5.69 Å². The Morgan fingerprint density at radius 3 is 2.24 bits per heavy atom. The topological polar surface area (TPSA) is 128 Å². The van der Waals surface area contributed by atoms with E-state index in [2.05, 4.69) is 10.4 Å². The second-order valence-corrected chi connectivity index (χ2v) is 10.0. The number of halogens is 1. The Hall–Kier alpha value is -3.56. The second kappa shape index (κ2) is 12.8. The second-order valence-electron chi connectivity index (χ2n) is 10.0. The van der Waals surface area contributed by atoms with Gasteiger partial charge in [0.25, 0.3) is 5.91 Å². The summed E-state index contributed by atoms with van der Waals surface area (Å²) >= 11 is 0. The number of amides is 1. The molecule has 3 rings (SSSR count). The summed E-state index contributed by atoms with van der Waals surface area (Å²) in [5, 5.41) is 38.7. The Labute approximate surface area is 222 Å². The van der Waals surface area contributed by atoms with Crippen molar-refractivity contribution in [2.45, 2.75) is 77.5 Å². The zero-order valence-corrected chi connectivity index (χ0v) is 22.1. The minimum absolute atomic E-state index is 0.101. The van der Waals surface area contributed by atoms with Gasteiger partial charge in [-0.05, 0) is 68.9 Å². The Balaban J connectivity index is 1.93. The van der Waals surface area contributed by atoms with E-state index >= 15 is 0 Å². The van der Waals surface area contributed by atoms with E-state index in [0.29, 0.717) is 16.9 Å². The average molecular weight is 525 g/mol. The molecule has 8 nitrogen and oxygen atoms in total. The summed E-state index contributed by atoms with van der Waals surface area (Å²) in [4.78, 5) is 24.2. The van der Waals surface area contributed by atoms with Crippen molar-refractivity contribution in [2.75, 3.05) is 0 Å². The number of carboxylic acid groups (broad SMARTS) is 1. The van der Waals surface area contributed by atoms with Crippen LogP contribution >= 0.6 is 0 Å². The molecular formula is C29H35FN3O5-. The van der Waals surface area contributed by atoms with Gasteiger partial charge >= 0.3 is 0 Å². The lowest BCUT2D eigenvalue weighted by Gasteiger charge is -2.18. The van der Waals surface area contributed by atoms with Gasteiger partial charge in [0.1, 0.15) is 5.82 Å². The van der Waals surface area contributed by atoms with Gasteiger partial charge < -0.3 is 25.4 Å². The molecule has 1 heterocycles. The Kier molecular flexibility index (Phi) is 9.77. The molecule has 0 aliphatic heterocycles. The van der Waals surface area contributed by atoms with Gasteiger partial charge in [-0.3, -0.25) is 4.79 Å². The molecule has 0 fully saturated rings. The van der Waals surface area contributed by atoms with Gasteiger partial charge in [0, 0.05) is 23.6 Å². The molecule has 0 aliphatic rings. The highest BCUT2D eigenvalue weighted by Gasteiger charge is 2.27. The van der Waals surface area contributed by atoms with Crippen LogP contribution in [-0.2, 0) is 11.2 Å². The maximum atomic E-state index is 13.6. The molecule has 1 aromatic heterocycles. The zero-order valence-electron chi connectivity index (χ0n) is 22.1. The lowest BCUT2D eigenvalue weighted by atomic mass is 9.95. The standard InChI is InChI=1S/C29H36FN3O5/c1-17(2)27-25(14-13-23(34)15-24(35)16-26(36)37)33(22-11-9-21(30)10-12-22)32-28(27)29(38)31-19(4)20-7-5-18(3)6-8-20/h5-12,17,19,23-24,34-35H,13-16H2,1-4H3,(H,31,38)(H,36,37)/p-1/t19-,23+,24+/m0/s1. The Morgan fingerprint density at radius 1 is 1.03 bits per heavy atom. The normalized spacial score (nSPS) is 13.8. The van der Waals surface area contributed by atoms with Crippen LogP contribution in [0.1, 0.15) is 84.9 Å². The van der Waals surface area contributed by atoms with Crippen LogP contribution in [0.2, 0.25) is 0 Å². The number of carbonyl (C=O) groups excluding carboxylic acids is 2. The number of aliphatic hydroxyl groups is 2. The first-order valence-electron chi connectivity index (χ1n) is 12.8. The molecule has 3 aromatic rings. The predicted molar refractivity (Wildman–Crippen MR) is 139 cm³/mol. The molecule has 0 aliphatic carbocycles. The smallest absolute Gasteiger partial charge is 0.272 e. The van der Waals surface area contributed by atoms with Gasteiger partial charge in [0.2, 0.25) is 0 Å². The number of aromatic nitrogens is 2. The van der Waals surface area contributed by atoms with Crippen LogP contribution < -0.4 is 10.4 Å². The monoisotopic (exact) mass is 524 g/mol. The fraction of sp³-hybridized carbons (Fsp3) is 0.414. The minimum Gasteiger partial charge on any atom is -0.550 e. The molecule has 204 valence electrons. The lowest BCUT2D eigenvalue weighted by molar-refractivity contribution is -0.307. The SMILES string of the molecule is Cc1ccc([C@H](C)NC(=O)c2nn(-c3ccc(F)cc3)c(CC[C@@H](O)C[C@@H](O)CC(=O)[O-])c2C(C)C)cc1. The van der Waals surface area contributed by atoms with Crippen LogP contribution in [0.25, 0.3) is 5.69 Å². The van der Waals surface area contributed by atoms with Crippen LogP contribution in [0.15, 0.2) is 48.5 Å². The van der Waals surface area contributed by atoms with Crippen LogP contribution in [0, 0.1) is 12.7 Å². The van der Waals surface area contributed by atoms with Gasteiger partial charge in [-0.15, -0.1) is 0 Å². The number of nitrogens with zero attached hydrogens (tertiary/aromatic N) is 2. The van der Waals surface area contributed by atoms with Crippen molar-refractivity contribution in [2.24, 2.45) is 0 Å². The third-order valence-electron chi connectivity index (χ3n) is 6.47. The molecule has 3 N–H and O–H groups in total. The number of hydrogen-bond donors (Lipinski definition) is 3. The summed E-state index contributed by atoms with van der Waals surface area (Å²) in [6, 6.07) is 13.3. The largest absolute Gasteiger partial charge is 0.550 e. The molecular weight excluding hydrogens is 489 g/mol. The number of nitrogens with one attached hydrogen (secondary N) is 1. The van der Waals surface area contributed by atoms with Crippen molar-refractivity contribution in [1.82, 2.24) is 15.1 Å². The highest BCUT2D eigenvalue weighted by Crippen LogP contribution is 2.29. The average Bonchev–Trinajstić information content (AvgIpc) is 3.23. The van der Waals surface area contributed by atoms with E-state index in [1.807, 2.05) is 52.0 Å². The fourth-order valence-electron chi connectivity index (χ4n) is 4.49. The van der Waals surface area contributed by atoms with Crippen LogP contribution in [0.5, 0.6) is 0 Å². The summed E-state index contributed by atoms with van der Waals surface area (Å²) in [5.41, 5.74) is 4.24. The molecule has 1 amide bonds. The van der Waals surface area contributed by atoms with E-state index in [1.165, 1.54) is 12.1 Å². The Bertz CT molecular complexity index is 1240. The first-order valence-corrected chi connectivity index (χ1v) is 12.8. The molecule has 0 radical (unpaired) electrons. The van der Waals surface area contributed by atoms with E-state index in [9.17, 15) is 29.3 Å². The van der Waals surface area contributed by atoms with Gasteiger partial charge in [-0.1, -0.05) is 43.7 Å². The van der Waals surface area contributed by atoms with Crippen molar-refractivity contribution in [1.29, 1.82) is 0 Å². The van der Waals surface area contributed by atoms with Crippen LogP contribution in [-0.4, -0.2) is 44.1 Å². The number of aliphatic hydroxyl groups excluding tert-OH is 2. The van der Waals surface area contributed by atoms with E-state index in [-0.39, 0.29) is 42.8 Å². The van der Waals surface area contributed by atoms with Crippen LogP contribution in [0.3, 0.4) is 0 Å². The highest BCUT2D eigenvalue weighted by atomic mass is 19.1. The highest BCUT2D eigenvalue weighted by molar-refractivity contribution is 5.94. The van der Waals surface area contributed by atoms with Crippen molar-refractivity contribution >= 4 is 11.9 Å². The maximum Gasteiger partial charge on any atom is 0.272 e. The summed E-state index contributed by atoms with van der Waals surface area (Å²) in [7, 11) is 0. The number of aryl methyl sites for hydroxylation is 1. The van der Waals surface area contributed by atoms with Gasteiger partial charge in [-0.25, -0.2) is 9.07 Å². The zero-order chi connectivity index (χ0) is 28.0. The fourth-order valence-corrected chi connectivity index (χ4v) is 4.49. The van der Waals surface area contributed by atoms with Gasteiger partial charge in [-0.2, -0.15) is 5.10 Å². The van der Waals surface area contributed by atoms with E-state index in [4.69, 9.17) is 0 Å². The number of aliphatic carboxylic acids is 1. The summed E-state index contributed by atoms with van der Waals surface area (Å²) in [5.74, 6) is -2.25. The molecule has 0 spiro atoms. The quantitative estimate of drug-likeness (QED) is 0.334. The third kappa shape index (κ3) is 7.49. The molecule has 0 bridgehead atoms. The van der Waals surface area contributed by atoms with E-state index in [0.717, 1.165) is 11.1 Å². The molecule has 0 unspecified atom stereocenters. The number of carboxylic acids is 1. The van der Waals surface area contributed by atoms with Crippen molar-refractivity contribution < 1.29 is 29.3 Å². The van der Waals surface area contributed by atoms with E-state index < -0.39 is 30.4 Å². The first kappa shape index (κ1) is 29.0. The first-order chi connectivity index (χ1) is 18.0. The maximum absolute atomic E-state index is 13.6. The van der Waals surface area contributed by atoms with Gasteiger partial charge in [0.05, 0.1) is 23.9 Å². The van der Waals surface area contributed by atoms with Crippen molar-refractivity contribution in [3.8, 4) is 5.69 Å². The third-order valence-corrected chi connectivity index (χ3v) is 6.47. The van der Waals surface area contributed by atoms with Crippen molar-refractivity contribution in [3.05, 3.63) is 82.4 Å². The number of hydrogen-bond acceptors (Lipinski definition) is 6. The molecule has 38 heavy (non-hydrogen) atoms. The van der Waals surface area contributed by atoms with E-state index in [1.54, 1.807) is 16.8 Å². The summed E-state index contributed by atoms with van der Waals surface area (Å²) in [6.45, 7) is 7.77. The van der Waals surface area contributed by atoms with Crippen LogP contribution in [0.4, 0.5) is 4.39 Å². The van der Waals surface area contributed by atoms with Crippen molar-refractivity contribution in [3.63, 3.8) is 0 Å².